The van der Waals surface area contributed by atoms with Gasteiger partial charge in [-0.25, -0.2) is 4.39 Å². The SMILES string of the molecule is Cc1onc(-c2c(F)cccc2Cl)c1C(=O)N1CCN(C(=O)c2ccc(Cl)cc2)CC1. The second-order valence-corrected chi connectivity index (χ2v) is 7.99. The highest BCUT2D eigenvalue weighted by molar-refractivity contribution is 6.33. The molecule has 1 aliphatic rings. The van der Waals surface area contributed by atoms with Crippen molar-refractivity contribution in [2.45, 2.75) is 6.92 Å². The number of carbonyl (C=O) groups is 2. The molecule has 2 aromatic carbocycles. The molecule has 3 aromatic rings. The van der Waals surface area contributed by atoms with Crippen LogP contribution in [0.4, 0.5) is 4.39 Å². The first-order valence-electron chi connectivity index (χ1n) is 9.61. The molecule has 6 nitrogen and oxygen atoms in total. The maximum atomic E-state index is 14.4. The second-order valence-electron chi connectivity index (χ2n) is 7.15. The summed E-state index contributed by atoms with van der Waals surface area (Å²) in [6.07, 6.45) is 0. The van der Waals surface area contributed by atoms with E-state index < -0.39 is 5.82 Å². The van der Waals surface area contributed by atoms with Crippen molar-refractivity contribution < 1.29 is 18.5 Å². The summed E-state index contributed by atoms with van der Waals surface area (Å²) >= 11 is 12.0. The summed E-state index contributed by atoms with van der Waals surface area (Å²) in [5.74, 6) is -0.775. The minimum Gasteiger partial charge on any atom is -0.360 e. The van der Waals surface area contributed by atoms with Gasteiger partial charge in [0.15, 0.2) is 0 Å². The Balaban J connectivity index is 1.52. The van der Waals surface area contributed by atoms with Crippen LogP contribution in [-0.4, -0.2) is 52.9 Å². The third-order valence-electron chi connectivity index (χ3n) is 5.22. The standard InChI is InChI=1S/C22H18Cl2FN3O3/c1-13-18(20(26-31-13)19-16(24)3-2-4-17(19)25)22(30)28-11-9-27(10-12-28)21(29)14-5-7-15(23)8-6-14/h2-8H,9-12H2,1H3. The van der Waals surface area contributed by atoms with Crippen LogP contribution in [-0.2, 0) is 0 Å². The molecule has 0 bridgehead atoms. The van der Waals surface area contributed by atoms with E-state index in [0.29, 0.717) is 36.8 Å². The van der Waals surface area contributed by atoms with Crippen LogP contribution in [0.5, 0.6) is 0 Å². The minimum absolute atomic E-state index is 0.0286. The Bertz CT molecular complexity index is 1120. The van der Waals surface area contributed by atoms with Gasteiger partial charge in [-0.2, -0.15) is 0 Å². The van der Waals surface area contributed by atoms with E-state index >= 15 is 0 Å². The molecule has 31 heavy (non-hydrogen) atoms. The van der Waals surface area contributed by atoms with Gasteiger partial charge < -0.3 is 14.3 Å². The highest BCUT2D eigenvalue weighted by Crippen LogP contribution is 2.34. The van der Waals surface area contributed by atoms with Crippen molar-refractivity contribution in [1.82, 2.24) is 15.0 Å². The number of carbonyl (C=O) groups excluding carboxylic acids is 2. The van der Waals surface area contributed by atoms with Crippen molar-refractivity contribution in [3.63, 3.8) is 0 Å². The van der Waals surface area contributed by atoms with Gasteiger partial charge in [-0.05, 0) is 43.3 Å². The number of halogens is 3. The third kappa shape index (κ3) is 4.16. The average Bonchev–Trinajstić information content (AvgIpc) is 3.14. The zero-order valence-corrected chi connectivity index (χ0v) is 18.1. The van der Waals surface area contributed by atoms with E-state index in [0.717, 1.165) is 0 Å². The fourth-order valence-electron chi connectivity index (χ4n) is 3.56. The molecular formula is C22H18Cl2FN3O3. The zero-order chi connectivity index (χ0) is 22.1. The summed E-state index contributed by atoms with van der Waals surface area (Å²) in [6.45, 7) is 2.99. The normalized spacial score (nSPS) is 14.1. The van der Waals surface area contributed by atoms with Gasteiger partial charge in [0.25, 0.3) is 11.8 Å². The van der Waals surface area contributed by atoms with Crippen LogP contribution in [0.3, 0.4) is 0 Å². The Hall–Kier alpha value is -2.90. The number of aryl methyl sites for hydroxylation is 1. The number of benzene rings is 2. The van der Waals surface area contributed by atoms with Gasteiger partial charge in [0.05, 0.1) is 10.6 Å². The summed E-state index contributed by atoms with van der Waals surface area (Å²) in [5.41, 5.74) is 0.811. The summed E-state index contributed by atoms with van der Waals surface area (Å²) in [5, 5.41) is 4.59. The Labute approximate surface area is 188 Å². The summed E-state index contributed by atoms with van der Waals surface area (Å²) < 4.78 is 19.6. The summed E-state index contributed by atoms with van der Waals surface area (Å²) in [7, 11) is 0. The van der Waals surface area contributed by atoms with Crippen LogP contribution in [0.25, 0.3) is 11.3 Å². The number of aromatic nitrogens is 1. The lowest BCUT2D eigenvalue weighted by atomic mass is 10.0. The summed E-state index contributed by atoms with van der Waals surface area (Å²) in [6, 6.07) is 10.9. The van der Waals surface area contributed by atoms with Crippen LogP contribution >= 0.6 is 23.2 Å². The molecule has 0 saturated carbocycles. The van der Waals surface area contributed by atoms with Crippen molar-refractivity contribution in [1.29, 1.82) is 0 Å². The van der Waals surface area contributed by atoms with E-state index in [1.165, 1.54) is 18.2 Å². The first-order chi connectivity index (χ1) is 14.9. The van der Waals surface area contributed by atoms with E-state index in [9.17, 15) is 14.0 Å². The quantitative estimate of drug-likeness (QED) is 0.567. The fraction of sp³-hybridized carbons (Fsp3) is 0.227. The molecule has 0 spiro atoms. The predicted molar refractivity (Wildman–Crippen MR) is 115 cm³/mol. The Kier molecular flexibility index (Phi) is 5.98. The maximum absolute atomic E-state index is 14.4. The number of rotatable bonds is 3. The molecule has 0 atom stereocenters. The summed E-state index contributed by atoms with van der Waals surface area (Å²) in [4.78, 5) is 29.2. The first kappa shape index (κ1) is 21.3. The van der Waals surface area contributed by atoms with Crippen molar-refractivity contribution in [3.8, 4) is 11.3 Å². The number of nitrogens with zero attached hydrogens (tertiary/aromatic N) is 3. The molecule has 1 aromatic heterocycles. The fourth-order valence-corrected chi connectivity index (χ4v) is 3.94. The van der Waals surface area contributed by atoms with Crippen molar-refractivity contribution in [2.75, 3.05) is 26.2 Å². The van der Waals surface area contributed by atoms with Gasteiger partial charge in [-0.15, -0.1) is 0 Å². The molecule has 2 heterocycles. The largest absolute Gasteiger partial charge is 0.360 e. The van der Waals surface area contributed by atoms with Crippen LogP contribution in [0.2, 0.25) is 10.0 Å². The average molecular weight is 462 g/mol. The van der Waals surface area contributed by atoms with E-state index in [1.54, 1.807) is 41.0 Å². The van der Waals surface area contributed by atoms with E-state index in [4.69, 9.17) is 27.7 Å². The molecule has 4 rings (SSSR count). The van der Waals surface area contributed by atoms with E-state index in [1.807, 2.05) is 0 Å². The van der Waals surface area contributed by atoms with E-state index in [2.05, 4.69) is 5.16 Å². The molecule has 0 radical (unpaired) electrons. The zero-order valence-electron chi connectivity index (χ0n) is 16.6. The molecule has 0 aliphatic carbocycles. The van der Waals surface area contributed by atoms with E-state index in [-0.39, 0.29) is 39.4 Å². The highest BCUT2D eigenvalue weighted by atomic mass is 35.5. The molecule has 0 N–H and O–H groups in total. The molecule has 1 saturated heterocycles. The van der Waals surface area contributed by atoms with Gasteiger partial charge in [0.2, 0.25) is 0 Å². The molecule has 1 fully saturated rings. The minimum atomic E-state index is -0.590. The molecule has 9 heteroatoms. The predicted octanol–water partition coefficient (Wildman–Crippen LogP) is 4.69. The first-order valence-corrected chi connectivity index (χ1v) is 10.4. The smallest absolute Gasteiger partial charge is 0.259 e. The lowest BCUT2D eigenvalue weighted by Crippen LogP contribution is -2.50. The number of hydrogen-bond acceptors (Lipinski definition) is 4. The second kappa shape index (κ2) is 8.69. The monoisotopic (exact) mass is 461 g/mol. The number of hydrogen-bond donors (Lipinski definition) is 0. The van der Waals surface area contributed by atoms with Crippen LogP contribution in [0, 0.1) is 12.7 Å². The Morgan fingerprint density at radius 3 is 2.19 bits per heavy atom. The lowest BCUT2D eigenvalue weighted by molar-refractivity contribution is 0.0534. The van der Waals surface area contributed by atoms with Crippen LogP contribution < -0.4 is 0 Å². The van der Waals surface area contributed by atoms with Gasteiger partial charge in [-0.1, -0.05) is 34.4 Å². The third-order valence-corrected chi connectivity index (χ3v) is 5.79. The van der Waals surface area contributed by atoms with Gasteiger partial charge >= 0.3 is 0 Å². The lowest BCUT2D eigenvalue weighted by Gasteiger charge is -2.34. The topological polar surface area (TPSA) is 66.7 Å². The van der Waals surface area contributed by atoms with Crippen molar-refractivity contribution in [2.24, 2.45) is 0 Å². The molecule has 1 aliphatic heterocycles. The van der Waals surface area contributed by atoms with Crippen molar-refractivity contribution >= 4 is 35.0 Å². The molecule has 2 amide bonds. The Morgan fingerprint density at radius 1 is 0.968 bits per heavy atom. The van der Waals surface area contributed by atoms with Crippen LogP contribution in [0.1, 0.15) is 26.5 Å². The number of piperazine rings is 1. The molecule has 0 unspecified atom stereocenters. The highest BCUT2D eigenvalue weighted by Gasteiger charge is 2.31. The molecular weight excluding hydrogens is 444 g/mol. The maximum Gasteiger partial charge on any atom is 0.259 e. The van der Waals surface area contributed by atoms with Crippen LogP contribution in [0.15, 0.2) is 47.0 Å². The number of amides is 2. The van der Waals surface area contributed by atoms with Crippen molar-refractivity contribution in [3.05, 3.63) is 75.2 Å². The molecule has 160 valence electrons. The van der Waals surface area contributed by atoms with Gasteiger partial charge in [0, 0.05) is 36.8 Å². The van der Waals surface area contributed by atoms with Gasteiger partial charge in [-0.3, -0.25) is 9.59 Å². The Morgan fingerprint density at radius 2 is 1.58 bits per heavy atom. The van der Waals surface area contributed by atoms with Gasteiger partial charge in [0.1, 0.15) is 22.8 Å².